The SMILES string of the molecule is CCNC(Cc1nc(C)cs1)CC(C)COC. The van der Waals surface area contributed by atoms with E-state index in [9.17, 15) is 0 Å². The molecular weight excluding hydrogens is 232 g/mol. The van der Waals surface area contributed by atoms with Crippen LogP contribution in [0, 0.1) is 12.8 Å². The lowest BCUT2D eigenvalue weighted by Gasteiger charge is -2.20. The molecular formula is C13H24N2OS. The molecule has 0 aliphatic rings. The van der Waals surface area contributed by atoms with Crippen molar-refractivity contribution >= 4 is 11.3 Å². The van der Waals surface area contributed by atoms with Gasteiger partial charge in [0, 0.05) is 37.3 Å². The summed E-state index contributed by atoms with van der Waals surface area (Å²) in [6, 6.07) is 0.510. The highest BCUT2D eigenvalue weighted by Gasteiger charge is 2.14. The fraction of sp³-hybridized carbons (Fsp3) is 0.769. The molecule has 2 unspecified atom stereocenters. The monoisotopic (exact) mass is 256 g/mol. The van der Waals surface area contributed by atoms with Gasteiger partial charge in [-0.2, -0.15) is 0 Å². The Hall–Kier alpha value is -0.450. The van der Waals surface area contributed by atoms with Crippen LogP contribution < -0.4 is 5.32 Å². The maximum Gasteiger partial charge on any atom is 0.0943 e. The molecule has 0 bridgehead atoms. The molecule has 4 heteroatoms. The van der Waals surface area contributed by atoms with Crippen molar-refractivity contribution in [2.75, 3.05) is 20.3 Å². The van der Waals surface area contributed by atoms with Gasteiger partial charge >= 0.3 is 0 Å². The van der Waals surface area contributed by atoms with Gasteiger partial charge in [0.1, 0.15) is 0 Å². The van der Waals surface area contributed by atoms with E-state index in [4.69, 9.17) is 4.74 Å². The van der Waals surface area contributed by atoms with Crippen molar-refractivity contribution in [3.63, 3.8) is 0 Å². The number of hydrogen-bond donors (Lipinski definition) is 1. The summed E-state index contributed by atoms with van der Waals surface area (Å²) in [5, 5.41) is 6.90. The van der Waals surface area contributed by atoms with Gasteiger partial charge in [0.25, 0.3) is 0 Å². The maximum atomic E-state index is 5.20. The lowest BCUT2D eigenvalue weighted by molar-refractivity contribution is 0.149. The zero-order valence-electron chi connectivity index (χ0n) is 11.3. The number of rotatable bonds is 8. The van der Waals surface area contributed by atoms with E-state index in [0.29, 0.717) is 12.0 Å². The van der Waals surface area contributed by atoms with E-state index in [2.05, 4.69) is 36.5 Å². The van der Waals surface area contributed by atoms with Crippen LogP contribution in [-0.4, -0.2) is 31.3 Å². The summed E-state index contributed by atoms with van der Waals surface area (Å²) in [6.07, 6.45) is 2.17. The van der Waals surface area contributed by atoms with E-state index in [1.54, 1.807) is 18.4 Å². The fourth-order valence-electron chi connectivity index (χ4n) is 2.07. The van der Waals surface area contributed by atoms with Gasteiger partial charge in [-0.05, 0) is 25.8 Å². The number of aryl methyl sites for hydroxylation is 1. The number of likely N-dealkylation sites (N-methyl/N-ethyl adjacent to an activating group) is 1. The van der Waals surface area contributed by atoms with E-state index < -0.39 is 0 Å². The number of ether oxygens (including phenoxy) is 1. The summed E-state index contributed by atoms with van der Waals surface area (Å²) in [4.78, 5) is 4.53. The van der Waals surface area contributed by atoms with Crippen molar-refractivity contribution in [2.45, 2.75) is 39.7 Å². The highest BCUT2D eigenvalue weighted by molar-refractivity contribution is 7.09. The Morgan fingerprint density at radius 1 is 1.53 bits per heavy atom. The van der Waals surface area contributed by atoms with Gasteiger partial charge in [-0.25, -0.2) is 4.98 Å². The highest BCUT2D eigenvalue weighted by Crippen LogP contribution is 2.15. The Balaban J connectivity index is 2.47. The van der Waals surface area contributed by atoms with Crippen LogP contribution in [0.5, 0.6) is 0 Å². The molecule has 0 saturated heterocycles. The minimum absolute atomic E-state index is 0.510. The average Bonchev–Trinajstić information content (AvgIpc) is 2.64. The number of nitrogens with one attached hydrogen (secondary N) is 1. The smallest absolute Gasteiger partial charge is 0.0943 e. The Bertz CT molecular complexity index is 314. The van der Waals surface area contributed by atoms with Gasteiger partial charge in [-0.1, -0.05) is 13.8 Å². The quantitative estimate of drug-likeness (QED) is 0.776. The van der Waals surface area contributed by atoms with Crippen molar-refractivity contribution < 1.29 is 4.74 Å². The van der Waals surface area contributed by atoms with E-state index in [-0.39, 0.29) is 0 Å². The van der Waals surface area contributed by atoms with E-state index in [1.165, 1.54) is 5.01 Å². The van der Waals surface area contributed by atoms with Gasteiger partial charge in [-0.3, -0.25) is 0 Å². The summed E-state index contributed by atoms with van der Waals surface area (Å²) in [5.41, 5.74) is 1.13. The van der Waals surface area contributed by atoms with Crippen LogP contribution in [0.25, 0.3) is 0 Å². The molecule has 17 heavy (non-hydrogen) atoms. The summed E-state index contributed by atoms with van der Waals surface area (Å²) < 4.78 is 5.20. The van der Waals surface area contributed by atoms with Gasteiger partial charge < -0.3 is 10.1 Å². The second-order valence-corrected chi connectivity index (χ2v) is 5.58. The van der Waals surface area contributed by atoms with Crippen molar-refractivity contribution in [1.29, 1.82) is 0 Å². The van der Waals surface area contributed by atoms with Gasteiger partial charge in [0.15, 0.2) is 0 Å². The number of hydrogen-bond acceptors (Lipinski definition) is 4. The minimum Gasteiger partial charge on any atom is -0.384 e. The molecule has 1 aromatic heterocycles. The van der Waals surface area contributed by atoms with E-state index >= 15 is 0 Å². The Morgan fingerprint density at radius 2 is 2.29 bits per heavy atom. The molecule has 0 fully saturated rings. The molecule has 1 rings (SSSR count). The molecule has 0 spiro atoms. The molecule has 0 radical (unpaired) electrons. The van der Waals surface area contributed by atoms with Crippen LogP contribution in [0.2, 0.25) is 0 Å². The first-order valence-corrected chi connectivity index (χ1v) is 7.17. The topological polar surface area (TPSA) is 34.2 Å². The molecule has 2 atom stereocenters. The third-order valence-corrected chi connectivity index (χ3v) is 3.71. The number of aromatic nitrogens is 1. The van der Waals surface area contributed by atoms with Crippen LogP contribution in [0.15, 0.2) is 5.38 Å². The third-order valence-electron chi connectivity index (χ3n) is 2.72. The normalized spacial score (nSPS) is 14.8. The Morgan fingerprint density at radius 3 is 2.82 bits per heavy atom. The van der Waals surface area contributed by atoms with Crippen molar-refractivity contribution in [2.24, 2.45) is 5.92 Å². The molecule has 1 aromatic rings. The summed E-state index contributed by atoms with van der Waals surface area (Å²) in [7, 11) is 1.77. The summed E-state index contributed by atoms with van der Waals surface area (Å²) in [6.45, 7) is 8.28. The zero-order chi connectivity index (χ0) is 12.7. The van der Waals surface area contributed by atoms with Gasteiger partial charge in [0.05, 0.1) is 5.01 Å². The molecule has 0 aliphatic carbocycles. The first-order chi connectivity index (χ1) is 8.15. The van der Waals surface area contributed by atoms with Crippen LogP contribution in [0.1, 0.15) is 31.0 Å². The van der Waals surface area contributed by atoms with Crippen LogP contribution in [0.3, 0.4) is 0 Å². The predicted molar refractivity (Wildman–Crippen MR) is 73.7 cm³/mol. The molecule has 1 heterocycles. The third kappa shape index (κ3) is 5.61. The molecule has 0 aliphatic heterocycles. The van der Waals surface area contributed by atoms with Gasteiger partial charge in [0.2, 0.25) is 0 Å². The van der Waals surface area contributed by atoms with Crippen LogP contribution in [0.4, 0.5) is 0 Å². The van der Waals surface area contributed by atoms with Crippen LogP contribution in [-0.2, 0) is 11.2 Å². The highest BCUT2D eigenvalue weighted by atomic mass is 32.1. The van der Waals surface area contributed by atoms with E-state index in [0.717, 1.165) is 31.7 Å². The van der Waals surface area contributed by atoms with Crippen molar-refractivity contribution in [3.05, 3.63) is 16.1 Å². The average molecular weight is 256 g/mol. The first-order valence-electron chi connectivity index (χ1n) is 6.29. The van der Waals surface area contributed by atoms with Crippen molar-refractivity contribution in [1.82, 2.24) is 10.3 Å². The largest absolute Gasteiger partial charge is 0.384 e. The molecule has 0 amide bonds. The Kier molecular flexibility index (Phi) is 6.70. The fourth-order valence-corrected chi connectivity index (χ4v) is 2.93. The Labute approximate surface area is 109 Å². The zero-order valence-corrected chi connectivity index (χ0v) is 12.1. The molecule has 0 saturated carbocycles. The second-order valence-electron chi connectivity index (χ2n) is 4.64. The molecule has 3 nitrogen and oxygen atoms in total. The minimum atomic E-state index is 0.510. The standard InChI is InChI=1S/C13H24N2OS/c1-5-14-12(6-10(2)8-16-4)7-13-15-11(3)9-17-13/h9-10,12,14H,5-8H2,1-4H3. The number of thiazole rings is 1. The summed E-state index contributed by atoms with van der Waals surface area (Å²) in [5.74, 6) is 0.588. The van der Waals surface area contributed by atoms with Crippen molar-refractivity contribution in [3.8, 4) is 0 Å². The lowest BCUT2D eigenvalue weighted by Crippen LogP contribution is -2.33. The number of nitrogens with zero attached hydrogens (tertiary/aromatic N) is 1. The molecule has 98 valence electrons. The van der Waals surface area contributed by atoms with Gasteiger partial charge in [-0.15, -0.1) is 11.3 Å². The summed E-state index contributed by atoms with van der Waals surface area (Å²) >= 11 is 1.76. The first kappa shape index (κ1) is 14.6. The van der Waals surface area contributed by atoms with Crippen LogP contribution >= 0.6 is 11.3 Å². The lowest BCUT2D eigenvalue weighted by atomic mass is 10.0. The predicted octanol–water partition coefficient (Wildman–Crippen LogP) is 2.64. The second kappa shape index (κ2) is 7.80. The van der Waals surface area contributed by atoms with E-state index in [1.807, 2.05) is 0 Å². The molecule has 0 aromatic carbocycles. The maximum absolute atomic E-state index is 5.20. The molecule has 1 N–H and O–H groups in total. The number of methoxy groups -OCH3 is 1.